The topological polar surface area (TPSA) is 15.3 Å². The van der Waals surface area contributed by atoms with E-state index in [2.05, 4.69) is 52.7 Å². The van der Waals surface area contributed by atoms with E-state index in [9.17, 15) is 4.39 Å². The van der Waals surface area contributed by atoms with Gasteiger partial charge in [-0.05, 0) is 34.2 Å². The fourth-order valence-corrected chi connectivity index (χ4v) is 3.76. The molecular weight excluding hydrogens is 275 g/mol. The average Bonchev–Trinajstić information content (AvgIpc) is 2.94. The summed E-state index contributed by atoms with van der Waals surface area (Å²) in [5.74, 6) is 0. The first kappa shape index (κ1) is 13.9. The van der Waals surface area contributed by atoms with Crippen molar-refractivity contribution in [3.05, 3.63) is 59.2 Å². The highest BCUT2D eigenvalue weighted by molar-refractivity contribution is 5.77. The molecule has 22 heavy (non-hydrogen) atoms. The van der Waals surface area contributed by atoms with Gasteiger partial charge in [0, 0.05) is 26.2 Å². The summed E-state index contributed by atoms with van der Waals surface area (Å²) in [7, 11) is 0. The van der Waals surface area contributed by atoms with Crippen molar-refractivity contribution in [3.8, 4) is 11.1 Å². The van der Waals surface area contributed by atoms with Crippen LogP contribution in [0.3, 0.4) is 0 Å². The summed E-state index contributed by atoms with van der Waals surface area (Å²) in [5, 5.41) is 3.33. The normalized spacial score (nSPS) is 18.8. The van der Waals surface area contributed by atoms with E-state index in [4.69, 9.17) is 0 Å². The first-order valence-corrected chi connectivity index (χ1v) is 8.08. The van der Waals surface area contributed by atoms with Crippen LogP contribution in [-0.4, -0.2) is 37.8 Å². The fraction of sp³-hybridized carbons (Fsp3) is 0.368. The maximum absolute atomic E-state index is 13.7. The first-order chi connectivity index (χ1) is 10.9. The van der Waals surface area contributed by atoms with Crippen LogP contribution in [0.25, 0.3) is 11.1 Å². The molecule has 3 heteroatoms. The maximum atomic E-state index is 13.7. The zero-order valence-electron chi connectivity index (χ0n) is 12.7. The number of nitrogens with zero attached hydrogens (tertiary/aromatic N) is 1. The summed E-state index contributed by atoms with van der Waals surface area (Å²) < 4.78 is 13.7. The third-order valence-electron chi connectivity index (χ3n) is 4.94. The third-order valence-corrected chi connectivity index (χ3v) is 4.94. The monoisotopic (exact) mass is 296 g/mol. The Bertz CT molecular complexity index is 677. The molecule has 2 nitrogen and oxygen atoms in total. The highest BCUT2D eigenvalue weighted by Crippen LogP contribution is 2.38. The predicted molar refractivity (Wildman–Crippen MR) is 87.8 cm³/mol. The Balaban J connectivity index is 1.65. The Labute approximate surface area is 131 Å². The van der Waals surface area contributed by atoms with Crippen molar-refractivity contribution in [2.45, 2.75) is 12.5 Å². The van der Waals surface area contributed by atoms with Gasteiger partial charge in [-0.25, -0.2) is 4.39 Å². The van der Waals surface area contributed by atoms with Crippen LogP contribution in [0, 0.1) is 0 Å². The van der Waals surface area contributed by atoms with Gasteiger partial charge < -0.3 is 5.32 Å². The van der Waals surface area contributed by atoms with Crippen molar-refractivity contribution in [1.29, 1.82) is 0 Å². The van der Waals surface area contributed by atoms with E-state index in [1.54, 1.807) is 0 Å². The minimum Gasteiger partial charge on any atom is -0.314 e. The van der Waals surface area contributed by atoms with Gasteiger partial charge in [-0.1, -0.05) is 42.5 Å². The second-order valence-electron chi connectivity index (χ2n) is 6.21. The van der Waals surface area contributed by atoms with Crippen LogP contribution in [0.5, 0.6) is 0 Å². The highest BCUT2D eigenvalue weighted by Gasteiger charge is 2.24. The van der Waals surface area contributed by atoms with E-state index in [1.165, 1.54) is 22.3 Å². The van der Waals surface area contributed by atoms with E-state index in [1.807, 2.05) is 0 Å². The van der Waals surface area contributed by atoms with E-state index in [-0.39, 0.29) is 12.7 Å². The quantitative estimate of drug-likeness (QED) is 0.798. The predicted octanol–water partition coefficient (Wildman–Crippen LogP) is 3.17. The van der Waals surface area contributed by atoms with Crippen LogP contribution < -0.4 is 5.32 Å². The minimum atomic E-state index is -0.314. The van der Waals surface area contributed by atoms with Crippen LogP contribution in [0.2, 0.25) is 0 Å². The molecule has 2 aromatic rings. The van der Waals surface area contributed by atoms with Crippen LogP contribution in [0.1, 0.15) is 22.7 Å². The summed E-state index contributed by atoms with van der Waals surface area (Å²) in [5.41, 5.74) is 6.50. The molecule has 2 aliphatic rings. The number of nitrogens with one attached hydrogen (secondary N) is 1. The van der Waals surface area contributed by atoms with Gasteiger partial charge in [0.2, 0.25) is 0 Å². The lowest BCUT2D eigenvalue weighted by atomic mass is 9.99. The molecule has 1 N–H and O–H groups in total. The maximum Gasteiger partial charge on any atom is 0.109 e. The van der Waals surface area contributed by atoms with Crippen molar-refractivity contribution >= 4 is 0 Å². The number of benzene rings is 2. The summed E-state index contributed by atoms with van der Waals surface area (Å²) in [6.07, 6.45) is 0.972. The molecular formula is C19H21FN2. The molecule has 0 bridgehead atoms. The lowest BCUT2D eigenvalue weighted by Crippen LogP contribution is -2.45. The van der Waals surface area contributed by atoms with E-state index in [0.717, 1.165) is 38.2 Å². The molecule has 0 amide bonds. The van der Waals surface area contributed by atoms with E-state index < -0.39 is 0 Å². The van der Waals surface area contributed by atoms with Crippen LogP contribution in [-0.2, 0) is 6.42 Å². The van der Waals surface area contributed by atoms with Crippen molar-refractivity contribution in [2.75, 3.05) is 32.9 Å². The minimum absolute atomic E-state index is 0.101. The number of hydrogen-bond acceptors (Lipinski definition) is 2. The van der Waals surface area contributed by atoms with Crippen LogP contribution in [0.4, 0.5) is 4.39 Å². The third kappa shape index (κ3) is 2.34. The Morgan fingerprint density at radius 2 is 1.77 bits per heavy atom. The Morgan fingerprint density at radius 1 is 1.00 bits per heavy atom. The fourth-order valence-electron chi connectivity index (χ4n) is 3.76. The largest absolute Gasteiger partial charge is 0.314 e. The summed E-state index contributed by atoms with van der Waals surface area (Å²) in [4.78, 5) is 2.26. The second kappa shape index (κ2) is 5.82. The molecule has 114 valence electrons. The molecule has 4 rings (SSSR count). The molecule has 1 aliphatic heterocycles. The number of rotatable bonds is 3. The van der Waals surface area contributed by atoms with Crippen LogP contribution >= 0.6 is 0 Å². The van der Waals surface area contributed by atoms with Crippen molar-refractivity contribution in [3.63, 3.8) is 0 Å². The van der Waals surface area contributed by atoms with Gasteiger partial charge >= 0.3 is 0 Å². The highest BCUT2D eigenvalue weighted by atomic mass is 19.1. The van der Waals surface area contributed by atoms with E-state index in [0.29, 0.717) is 0 Å². The molecule has 2 aromatic carbocycles. The molecule has 0 saturated carbocycles. The molecule has 0 radical (unpaired) electrons. The summed E-state index contributed by atoms with van der Waals surface area (Å²) in [6.45, 7) is 3.43. The molecule has 0 unspecified atom stereocenters. The summed E-state index contributed by atoms with van der Waals surface area (Å²) in [6, 6.07) is 15.0. The van der Waals surface area contributed by atoms with Crippen molar-refractivity contribution < 1.29 is 4.39 Å². The molecule has 0 spiro atoms. The lowest BCUT2D eigenvalue weighted by Gasteiger charge is -2.33. The zero-order valence-corrected chi connectivity index (χ0v) is 12.7. The standard InChI is InChI=1S/C19H21FN2/c20-13-19(22-9-7-21-8-10-22)15-5-6-18-16(12-15)11-14-3-1-2-4-17(14)18/h1-6,12,19,21H,7-11,13H2/t19-/m1/s1. The second-order valence-corrected chi connectivity index (χ2v) is 6.21. The number of alkyl halides is 1. The molecule has 1 saturated heterocycles. The van der Waals surface area contributed by atoms with Gasteiger partial charge in [0.05, 0.1) is 6.04 Å². The smallest absolute Gasteiger partial charge is 0.109 e. The molecule has 1 aliphatic carbocycles. The number of fused-ring (bicyclic) bond motifs is 3. The summed E-state index contributed by atoms with van der Waals surface area (Å²) >= 11 is 0. The van der Waals surface area contributed by atoms with Crippen molar-refractivity contribution in [1.82, 2.24) is 10.2 Å². The Morgan fingerprint density at radius 3 is 2.59 bits per heavy atom. The molecule has 1 heterocycles. The van der Waals surface area contributed by atoms with Gasteiger partial charge in [0.25, 0.3) is 0 Å². The lowest BCUT2D eigenvalue weighted by molar-refractivity contribution is 0.147. The van der Waals surface area contributed by atoms with Gasteiger partial charge in [-0.2, -0.15) is 0 Å². The average molecular weight is 296 g/mol. The van der Waals surface area contributed by atoms with E-state index >= 15 is 0 Å². The Kier molecular flexibility index (Phi) is 3.68. The Hall–Kier alpha value is -1.71. The number of halogens is 1. The zero-order chi connectivity index (χ0) is 14.9. The van der Waals surface area contributed by atoms with Crippen LogP contribution in [0.15, 0.2) is 42.5 Å². The van der Waals surface area contributed by atoms with Gasteiger partial charge in [0.15, 0.2) is 0 Å². The SMILES string of the molecule is FC[C@H](c1ccc2c(c1)Cc1ccccc1-2)N1CCNCC1. The molecule has 0 aromatic heterocycles. The number of hydrogen-bond donors (Lipinski definition) is 1. The van der Waals surface area contributed by atoms with Crippen molar-refractivity contribution in [2.24, 2.45) is 0 Å². The first-order valence-electron chi connectivity index (χ1n) is 8.08. The van der Waals surface area contributed by atoms with Gasteiger partial charge in [-0.15, -0.1) is 0 Å². The number of piperazine rings is 1. The molecule has 1 fully saturated rings. The van der Waals surface area contributed by atoms with Gasteiger partial charge in [-0.3, -0.25) is 4.90 Å². The van der Waals surface area contributed by atoms with Gasteiger partial charge in [0.1, 0.15) is 6.67 Å². The molecule has 1 atom stereocenters.